The van der Waals surface area contributed by atoms with Crippen LogP contribution in [0.4, 0.5) is 5.69 Å². The summed E-state index contributed by atoms with van der Waals surface area (Å²) in [6.07, 6.45) is 0.997. The van der Waals surface area contributed by atoms with Crippen LogP contribution >= 0.6 is 11.3 Å². The van der Waals surface area contributed by atoms with Gasteiger partial charge in [-0.1, -0.05) is 13.0 Å². The van der Waals surface area contributed by atoms with Gasteiger partial charge in [0, 0.05) is 22.7 Å². The molecule has 21 heavy (non-hydrogen) atoms. The van der Waals surface area contributed by atoms with Crippen molar-refractivity contribution in [1.82, 2.24) is 0 Å². The van der Waals surface area contributed by atoms with E-state index in [1.54, 1.807) is 32.7 Å². The summed E-state index contributed by atoms with van der Waals surface area (Å²) in [4.78, 5) is 1.31. The van der Waals surface area contributed by atoms with E-state index in [2.05, 4.69) is 29.8 Å². The molecular formula is C16H21NO3S. The summed E-state index contributed by atoms with van der Waals surface area (Å²) in [5.74, 6) is 1.91. The molecule has 2 rings (SSSR count). The summed E-state index contributed by atoms with van der Waals surface area (Å²) in [5.41, 5.74) is 0.949. The van der Waals surface area contributed by atoms with Gasteiger partial charge in [-0.2, -0.15) is 0 Å². The predicted octanol–water partition coefficient (Wildman–Crippen LogP) is 4.34. The monoisotopic (exact) mass is 307 g/mol. The molecule has 0 saturated heterocycles. The molecule has 0 radical (unpaired) electrons. The normalized spacial score (nSPS) is 11.8. The van der Waals surface area contributed by atoms with E-state index < -0.39 is 0 Å². The Bertz CT molecular complexity index is 544. The molecule has 5 heteroatoms. The first-order valence-corrected chi connectivity index (χ1v) is 7.71. The highest BCUT2D eigenvalue weighted by atomic mass is 32.1. The van der Waals surface area contributed by atoms with Crippen LogP contribution in [0.1, 0.15) is 24.3 Å². The molecule has 1 heterocycles. The zero-order valence-electron chi connectivity index (χ0n) is 12.8. The highest BCUT2D eigenvalue weighted by molar-refractivity contribution is 7.10. The number of hydrogen-bond donors (Lipinski definition) is 1. The minimum absolute atomic E-state index is 0.271. The lowest BCUT2D eigenvalue weighted by Gasteiger charge is -2.19. The van der Waals surface area contributed by atoms with Gasteiger partial charge in [0.05, 0.1) is 27.4 Å². The van der Waals surface area contributed by atoms with Crippen molar-refractivity contribution < 1.29 is 14.2 Å². The largest absolute Gasteiger partial charge is 0.493 e. The molecule has 0 fully saturated rings. The van der Waals surface area contributed by atoms with Crippen LogP contribution in [-0.2, 0) is 0 Å². The van der Waals surface area contributed by atoms with E-state index in [4.69, 9.17) is 14.2 Å². The molecule has 1 aromatic heterocycles. The molecule has 114 valence electrons. The first kappa shape index (κ1) is 15.5. The van der Waals surface area contributed by atoms with Gasteiger partial charge in [-0.25, -0.2) is 0 Å². The summed E-state index contributed by atoms with van der Waals surface area (Å²) in [6.45, 7) is 2.16. The van der Waals surface area contributed by atoms with Crippen LogP contribution in [0.3, 0.4) is 0 Å². The number of benzene rings is 1. The van der Waals surface area contributed by atoms with Crippen molar-refractivity contribution in [2.24, 2.45) is 0 Å². The molecule has 0 bridgehead atoms. The first-order chi connectivity index (χ1) is 10.2. The van der Waals surface area contributed by atoms with Gasteiger partial charge in [-0.3, -0.25) is 0 Å². The van der Waals surface area contributed by atoms with E-state index in [1.165, 1.54) is 4.88 Å². The lowest BCUT2D eigenvalue weighted by atomic mass is 10.1. The van der Waals surface area contributed by atoms with E-state index >= 15 is 0 Å². The molecule has 1 aromatic carbocycles. The number of rotatable bonds is 7. The van der Waals surface area contributed by atoms with Gasteiger partial charge in [0.25, 0.3) is 0 Å². The Balaban J connectivity index is 2.31. The van der Waals surface area contributed by atoms with Gasteiger partial charge >= 0.3 is 0 Å². The Morgan fingerprint density at radius 2 is 1.76 bits per heavy atom. The standard InChI is InChI=1S/C16H21NO3S/c1-5-12(15-7-6-8-21-15)17-11-9-13(18-2)16(20-4)14(10-11)19-3/h6-10,12,17H,5H2,1-4H3. The third-order valence-corrected chi connectivity index (χ3v) is 4.29. The van der Waals surface area contributed by atoms with Gasteiger partial charge in [0.15, 0.2) is 11.5 Å². The predicted molar refractivity (Wildman–Crippen MR) is 87.1 cm³/mol. The van der Waals surface area contributed by atoms with Crippen molar-refractivity contribution in [2.75, 3.05) is 26.6 Å². The number of thiophene rings is 1. The molecule has 0 spiro atoms. The molecule has 2 aromatic rings. The summed E-state index contributed by atoms with van der Waals surface area (Å²) in [7, 11) is 4.85. The zero-order chi connectivity index (χ0) is 15.2. The van der Waals surface area contributed by atoms with Crippen LogP contribution in [0, 0.1) is 0 Å². The third kappa shape index (κ3) is 3.42. The van der Waals surface area contributed by atoms with Gasteiger partial charge in [0.2, 0.25) is 5.75 Å². The van der Waals surface area contributed by atoms with Crippen LogP contribution in [0.2, 0.25) is 0 Å². The minimum Gasteiger partial charge on any atom is -0.493 e. The maximum absolute atomic E-state index is 5.38. The quantitative estimate of drug-likeness (QED) is 0.826. The van der Waals surface area contributed by atoms with Crippen LogP contribution in [-0.4, -0.2) is 21.3 Å². The fourth-order valence-corrected chi connectivity index (χ4v) is 3.09. The molecule has 0 aliphatic rings. The second kappa shape index (κ2) is 7.22. The Morgan fingerprint density at radius 1 is 1.10 bits per heavy atom. The Hall–Kier alpha value is -1.88. The zero-order valence-corrected chi connectivity index (χ0v) is 13.6. The molecule has 1 N–H and O–H groups in total. The number of ether oxygens (including phenoxy) is 3. The van der Waals surface area contributed by atoms with Gasteiger partial charge in [-0.05, 0) is 17.9 Å². The van der Waals surface area contributed by atoms with E-state index in [0.29, 0.717) is 17.2 Å². The van der Waals surface area contributed by atoms with E-state index in [0.717, 1.165) is 12.1 Å². The van der Waals surface area contributed by atoms with Crippen LogP contribution in [0.25, 0.3) is 0 Å². The van der Waals surface area contributed by atoms with Gasteiger partial charge in [-0.15, -0.1) is 11.3 Å². The lowest BCUT2D eigenvalue weighted by Crippen LogP contribution is -2.08. The van der Waals surface area contributed by atoms with Crippen molar-refractivity contribution in [3.63, 3.8) is 0 Å². The van der Waals surface area contributed by atoms with Crippen molar-refractivity contribution >= 4 is 17.0 Å². The van der Waals surface area contributed by atoms with E-state index in [1.807, 2.05) is 12.1 Å². The SMILES string of the molecule is CCC(Nc1cc(OC)c(OC)c(OC)c1)c1cccs1. The molecule has 0 amide bonds. The van der Waals surface area contributed by atoms with Crippen LogP contribution < -0.4 is 19.5 Å². The Kier molecular flexibility index (Phi) is 5.33. The maximum atomic E-state index is 5.38. The maximum Gasteiger partial charge on any atom is 0.203 e. The highest BCUT2D eigenvalue weighted by Gasteiger charge is 2.16. The summed E-state index contributed by atoms with van der Waals surface area (Å²) >= 11 is 1.75. The molecule has 1 unspecified atom stereocenters. The van der Waals surface area contributed by atoms with Crippen molar-refractivity contribution in [2.45, 2.75) is 19.4 Å². The summed E-state index contributed by atoms with van der Waals surface area (Å²) in [5, 5.41) is 5.62. The van der Waals surface area contributed by atoms with Crippen LogP contribution in [0.15, 0.2) is 29.6 Å². The van der Waals surface area contributed by atoms with Gasteiger partial charge in [0.1, 0.15) is 0 Å². The van der Waals surface area contributed by atoms with Crippen molar-refractivity contribution in [3.8, 4) is 17.2 Å². The van der Waals surface area contributed by atoms with Crippen molar-refractivity contribution in [3.05, 3.63) is 34.5 Å². The molecule has 1 atom stereocenters. The average molecular weight is 307 g/mol. The fraction of sp³-hybridized carbons (Fsp3) is 0.375. The molecule has 0 aliphatic heterocycles. The average Bonchev–Trinajstić information content (AvgIpc) is 3.05. The molecule has 0 aliphatic carbocycles. The third-order valence-electron chi connectivity index (χ3n) is 3.30. The highest BCUT2D eigenvalue weighted by Crippen LogP contribution is 2.41. The minimum atomic E-state index is 0.271. The summed E-state index contributed by atoms with van der Waals surface area (Å²) < 4.78 is 16.1. The molecular weight excluding hydrogens is 286 g/mol. The number of anilines is 1. The topological polar surface area (TPSA) is 39.7 Å². The smallest absolute Gasteiger partial charge is 0.203 e. The Labute approximate surface area is 129 Å². The van der Waals surface area contributed by atoms with Crippen LogP contribution in [0.5, 0.6) is 17.2 Å². The number of hydrogen-bond acceptors (Lipinski definition) is 5. The fourth-order valence-electron chi connectivity index (χ4n) is 2.23. The second-order valence-corrected chi connectivity index (χ2v) is 5.51. The number of nitrogens with one attached hydrogen (secondary N) is 1. The second-order valence-electron chi connectivity index (χ2n) is 4.53. The van der Waals surface area contributed by atoms with E-state index in [9.17, 15) is 0 Å². The van der Waals surface area contributed by atoms with Gasteiger partial charge < -0.3 is 19.5 Å². The van der Waals surface area contributed by atoms with E-state index in [-0.39, 0.29) is 6.04 Å². The van der Waals surface area contributed by atoms with Crippen molar-refractivity contribution in [1.29, 1.82) is 0 Å². The lowest BCUT2D eigenvalue weighted by molar-refractivity contribution is 0.324. The Morgan fingerprint density at radius 3 is 2.19 bits per heavy atom. The first-order valence-electron chi connectivity index (χ1n) is 6.83. The summed E-state index contributed by atoms with van der Waals surface area (Å²) in [6, 6.07) is 8.34. The molecule has 0 saturated carbocycles. The number of methoxy groups -OCH3 is 3. The molecule has 4 nitrogen and oxygen atoms in total.